The summed E-state index contributed by atoms with van der Waals surface area (Å²) in [4.78, 5) is 16.7. The Hall–Kier alpha value is -2.04. The fourth-order valence-corrected chi connectivity index (χ4v) is 5.72. The minimum absolute atomic E-state index is 0.0981. The smallest absolute Gasteiger partial charge is 0.238 e. The summed E-state index contributed by atoms with van der Waals surface area (Å²) >= 11 is 0. The molecule has 0 bridgehead atoms. The topological polar surface area (TPSA) is 97.4 Å². The first-order valence-electron chi connectivity index (χ1n) is 10.8. The number of morpholine rings is 1. The number of hydrogen-bond donors (Lipinski definition) is 1. The largest absolute Gasteiger partial charge is 0.492 e. The number of benzene rings is 1. The quantitative estimate of drug-likeness (QED) is 0.597. The maximum absolute atomic E-state index is 12.7. The van der Waals surface area contributed by atoms with Crippen LogP contribution in [0, 0.1) is 0 Å². The van der Waals surface area contributed by atoms with Crippen molar-refractivity contribution in [3.05, 3.63) is 12.1 Å². The molecule has 2 heterocycles. The molecule has 2 aliphatic heterocycles. The highest BCUT2D eigenvalue weighted by molar-refractivity contribution is 7.91. The Balaban J connectivity index is 1.76. The van der Waals surface area contributed by atoms with Crippen LogP contribution in [0.1, 0.15) is 20.3 Å². The zero-order valence-corrected chi connectivity index (χ0v) is 19.4. The van der Waals surface area contributed by atoms with Gasteiger partial charge in [-0.15, -0.1) is 0 Å². The van der Waals surface area contributed by atoms with Gasteiger partial charge in [0, 0.05) is 31.3 Å². The fraction of sp³-hybridized carbons (Fsp3) is 0.667. The molecule has 10 heteroatoms. The van der Waals surface area contributed by atoms with E-state index < -0.39 is 9.84 Å². The van der Waals surface area contributed by atoms with Gasteiger partial charge in [-0.1, -0.05) is 0 Å². The molecule has 2 aliphatic rings. The van der Waals surface area contributed by atoms with E-state index >= 15 is 0 Å². The SMILES string of the molecule is CCOc1cc(N2CCOCC2)c(OCC)cc1NC(=O)CN(C)C1CCS(=O)(=O)C1. The number of carbonyl (C=O) groups excluding carboxylic acids is 1. The average molecular weight is 456 g/mol. The third-order valence-electron chi connectivity index (χ3n) is 5.51. The van der Waals surface area contributed by atoms with Crippen LogP contribution >= 0.6 is 0 Å². The van der Waals surface area contributed by atoms with Gasteiger partial charge in [0.2, 0.25) is 5.91 Å². The Labute approximate surface area is 184 Å². The molecule has 2 fully saturated rings. The Morgan fingerprint density at radius 1 is 1.19 bits per heavy atom. The van der Waals surface area contributed by atoms with E-state index in [1.165, 1.54) is 0 Å². The van der Waals surface area contributed by atoms with Crippen molar-refractivity contribution in [3.8, 4) is 11.5 Å². The van der Waals surface area contributed by atoms with Gasteiger partial charge in [-0.05, 0) is 27.3 Å². The van der Waals surface area contributed by atoms with Crippen LogP contribution in [0.5, 0.6) is 11.5 Å². The number of hydrogen-bond acceptors (Lipinski definition) is 8. The summed E-state index contributed by atoms with van der Waals surface area (Å²) in [6.07, 6.45) is 0.555. The molecule has 1 N–H and O–H groups in total. The maximum Gasteiger partial charge on any atom is 0.238 e. The van der Waals surface area contributed by atoms with Gasteiger partial charge >= 0.3 is 0 Å². The second kappa shape index (κ2) is 10.5. The van der Waals surface area contributed by atoms with Gasteiger partial charge < -0.3 is 24.4 Å². The highest BCUT2D eigenvalue weighted by atomic mass is 32.2. The predicted molar refractivity (Wildman–Crippen MR) is 120 cm³/mol. The third kappa shape index (κ3) is 6.24. The van der Waals surface area contributed by atoms with Crippen molar-refractivity contribution in [1.82, 2.24) is 4.90 Å². The molecule has 1 amide bonds. The van der Waals surface area contributed by atoms with Gasteiger partial charge in [-0.2, -0.15) is 0 Å². The van der Waals surface area contributed by atoms with Crippen LogP contribution in [-0.2, 0) is 19.4 Å². The number of rotatable bonds is 9. The molecule has 3 rings (SSSR count). The lowest BCUT2D eigenvalue weighted by atomic mass is 10.2. The minimum Gasteiger partial charge on any atom is -0.492 e. The van der Waals surface area contributed by atoms with Crippen LogP contribution < -0.4 is 19.7 Å². The molecule has 2 saturated heterocycles. The Bertz CT molecular complexity index is 870. The summed E-state index contributed by atoms with van der Waals surface area (Å²) in [5.41, 5.74) is 1.46. The summed E-state index contributed by atoms with van der Waals surface area (Å²) in [6, 6.07) is 3.57. The van der Waals surface area contributed by atoms with E-state index in [1.54, 1.807) is 18.0 Å². The monoisotopic (exact) mass is 455 g/mol. The molecule has 1 aromatic carbocycles. The Morgan fingerprint density at radius 2 is 1.87 bits per heavy atom. The van der Waals surface area contributed by atoms with Gasteiger partial charge in [-0.25, -0.2) is 8.42 Å². The number of carbonyl (C=O) groups is 1. The van der Waals surface area contributed by atoms with E-state index in [9.17, 15) is 13.2 Å². The molecule has 1 atom stereocenters. The first-order valence-corrected chi connectivity index (χ1v) is 12.6. The standard InChI is InChI=1S/C21H33N3O6S/c1-4-29-19-13-18(24-7-9-28-10-8-24)20(30-5-2)12-17(19)22-21(25)14-23(3)16-6-11-31(26,27)15-16/h12-13,16H,4-11,14-15H2,1-3H3,(H,22,25). The van der Waals surface area contributed by atoms with Gasteiger partial charge in [-0.3, -0.25) is 9.69 Å². The van der Waals surface area contributed by atoms with Gasteiger partial charge in [0.25, 0.3) is 0 Å². The third-order valence-corrected chi connectivity index (χ3v) is 7.26. The van der Waals surface area contributed by atoms with E-state index in [0.717, 1.165) is 18.8 Å². The first kappa shape index (κ1) is 23.6. The van der Waals surface area contributed by atoms with Gasteiger partial charge in [0.1, 0.15) is 11.5 Å². The Kier molecular flexibility index (Phi) is 8.01. The molecule has 0 saturated carbocycles. The van der Waals surface area contributed by atoms with Crippen molar-refractivity contribution < 1.29 is 27.4 Å². The number of ether oxygens (including phenoxy) is 3. The number of anilines is 2. The van der Waals surface area contributed by atoms with Crippen molar-refractivity contribution >= 4 is 27.1 Å². The summed E-state index contributed by atoms with van der Waals surface area (Å²) in [5.74, 6) is 1.31. The molecule has 1 unspecified atom stereocenters. The number of amides is 1. The van der Waals surface area contributed by atoms with E-state index in [4.69, 9.17) is 14.2 Å². The number of nitrogens with one attached hydrogen (secondary N) is 1. The molecule has 1 aromatic rings. The number of likely N-dealkylation sites (N-methyl/N-ethyl adjacent to an activating group) is 1. The molecule has 174 valence electrons. The lowest BCUT2D eigenvalue weighted by Gasteiger charge is -2.31. The number of nitrogens with zero attached hydrogens (tertiary/aromatic N) is 2. The average Bonchev–Trinajstić information content (AvgIpc) is 3.10. The van der Waals surface area contributed by atoms with E-state index in [-0.39, 0.29) is 30.0 Å². The summed E-state index contributed by atoms with van der Waals surface area (Å²) in [5, 5.41) is 2.92. The molecule has 0 spiro atoms. The van der Waals surface area contributed by atoms with Crippen molar-refractivity contribution in [1.29, 1.82) is 0 Å². The first-order chi connectivity index (χ1) is 14.8. The van der Waals surface area contributed by atoms with Gasteiger partial charge in [0.05, 0.1) is 55.9 Å². The lowest BCUT2D eigenvalue weighted by molar-refractivity contribution is -0.117. The normalized spacial score (nSPS) is 20.6. The predicted octanol–water partition coefficient (Wildman–Crippen LogP) is 1.38. The molecule has 0 aromatic heterocycles. The van der Waals surface area contributed by atoms with E-state index in [0.29, 0.717) is 50.0 Å². The van der Waals surface area contributed by atoms with Gasteiger partial charge in [0.15, 0.2) is 9.84 Å². The van der Waals surface area contributed by atoms with Crippen molar-refractivity contribution in [3.63, 3.8) is 0 Å². The highest BCUT2D eigenvalue weighted by Crippen LogP contribution is 2.39. The molecular formula is C21H33N3O6S. The van der Waals surface area contributed by atoms with Crippen molar-refractivity contribution in [2.45, 2.75) is 26.3 Å². The van der Waals surface area contributed by atoms with Crippen LogP contribution in [0.4, 0.5) is 11.4 Å². The zero-order chi connectivity index (χ0) is 22.4. The maximum atomic E-state index is 12.7. The second-order valence-electron chi connectivity index (χ2n) is 7.80. The second-order valence-corrected chi connectivity index (χ2v) is 10.0. The van der Waals surface area contributed by atoms with Crippen LogP contribution in [-0.4, -0.2) is 89.9 Å². The minimum atomic E-state index is -3.00. The van der Waals surface area contributed by atoms with Crippen molar-refractivity contribution in [2.75, 3.05) is 74.8 Å². The highest BCUT2D eigenvalue weighted by Gasteiger charge is 2.31. The van der Waals surface area contributed by atoms with E-state index in [2.05, 4.69) is 10.2 Å². The molecule has 0 radical (unpaired) electrons. The summed E-state index contributed by atoms with van der Waals surface area (Å²) < 4.78 is 40.6. The number of sulfone groups is 1. The molecular weight excluding hydrogens is 422 g/mol. The summed E-state index contributed by atoms with van der Waals surface area (Å²) in [6.45, 7) is 7.68. The molecule has 9 nitrogen and oxygen atoms in total. The fourth-order valence-electron chi connectivity index (χ4n) is 3.91. The van der Waals surface area contributed by atoms with Crippen LogP contribution in [0.2, 0.25) is 0 Å². The van der Waals surface area contributed by atoms with Crippen molar-refractivity contribution in [2.24, 2.45) is 0 Å². The zero-order valence-electron chi connectivity index (χ0n) is 18.6. The molecule has 31 heavy (non-hydrogen) atoms. The molecule has 0 aliphatic carbocycles. The lowest BCUT2D eigenvalue weighted by Crippen LogP contribution is -2.38. The van der Waals surface area contributed by atoms with Crippen LogP contribution in [0.25, 0.3) is 0 Å². The van der Waals surface area contributed by atoms with Crippen LogP contribution in [0.15, 0.2) is 12.1 Å². The Morgan fingerprint density at radius 3 is 2.48 bits per heavy atom. The van der Waals surface area contributed by atoms with Crippen LogP contribution in [0.3, 0.4) is 0 Å². The van der Waals surface area contributed by atoms with E-state index in [1.807, 2.05) is 19.9 Å². The summed E-state index contributed by atoms with van der Waals surface area (Å²) in [7, 11) is -1.22.